The number of benzene rings is 1. The molecule has 0 spiro atoms. The largest absolute Gasteiger partial charge is 0.489 e. The molecule has 9 heteroatoms. The highest BCUT2D eigenvalue weighted by atomic mass is 35.5. The molecule has 1 saturated carbocycles. The third kappa shape index (κ3) is 3.87. The van der Waals surface area contributed by atoms with Crippen molar-refractivity contribution in [2.24, 2.45) is 10.8 Å². The van der Waals surface area contributed by atoms with Crippen LogP contribution in [0.4, 0.5) is 0 Å². The summed E-state index contributed by atoms with van der Waals surface area (Å²) in [6.45, 7) is 8.05. The molecular formula is C20H19Cl3N4O2. The molecule has 0 radical (unpaired) electrons. The Balaban J connectivity index is 1.78. The Morgan fingerprint density at radius 3 is 2.41 bits per heavy atom. The number of nitrogens with zero attached hydrogens (tertiary/aromatic N) is 3. The third-order valence-corrected chi connectivity index (χ3v) is 6.17. The van der Waals surface area contributed by atoms with E-state index in [4.69, 9.17) is 44.8 Å². The molecule has 2 aromatic rings. The van der Waals surface area contributed by atoms with Crippen LogP contribution >= 0.6 is 34.8 Å². The van der Waals surface area contributed by atoms with Gasteiger partial charge in [0.25, 0.3) is 5.91 Å². The van der Waals surface area contributed by atoms with Crippen molar-refractivity contribution in [1.82, 2.24) is 15.3 Å². The van der Waals surface area contributed by atoms with Gasteiger partial charge < -0.3 is 10.1 Å². The number of carbonyl (C=O) groups excluding carboxylic acids is 1. The maximum Gasteiger partial charge on any atom is 0.256 e. The number of nitrogens with one attached hydrogen (secondary N) is 1. The zero-order valence-corrected chi connectivity index (χ0v) is 18.5. The first-order valence-corrected chi connectivity index (χ1v) is 9.97. The molecule has 1 aliphatic carbocycles. The maximum absolute atomic E-state index is 12.7. The zero-order chi connectivity index (χ0) is 21.6. The molecule has 1 fully saturated rings. The summed E-state index contributed by atoms with van der Waals surface area (Å²) in [7, 11) is 0. The molecule has 1 N–H and O–H groups in total. The quantitative estimate of drug-likeness (QED) is 0.524. The van der Waals surface area contributed by atoms with E-state index < -0.39 is 0 Å². The minimum absolute atomic E-state index is 0.00235. The molecule has 6 nitrogen and oxygen atoms in total. The number of nitriles is 1. The van der Waals surface area contributed by atoms with Gasteiger partial charge >= 0.3 is 0 Å². The van der Waals surface area contributed by atoms with Crippen molar-refractivity contribution < 1.29 is 9.53 Å². The molecule has 1 heterocycles. The number of halogens is 3. The number of hydrogen-bond acceptors (Lipinski definition) is 5. The molecule has 0 unspecified atom stereocenters. The van der Waals surface area contributed by atoms with Crippen molar-refractivity contribution in [2.45, 2.75) is 39.8 Å². The molecule has 3 rings (SSSR count). The SMILES string of the molecule is CC1(C)C(NC(=O)c2cnc(Cl)nc2Cl)C(C)(C)C1Oc1ccc(C#N)c(Cl)c1. The minimum Gasteiger partial charge on any atom is -0.489 e. The van der Waals surface area contributed by atoms with E-state index in [0.717, 1.165) is 0 Å². The van der Waals surface area contributed by atoms with Crippen LogP contribution in [-0.2, 0) is 0 Å². The van der Waals surface area contributed by atoms with Gasteiger partial charge in [0.1, 0.15) is 23.1 Å². The smallest absolute Gasteiger partial charge is 0.256 e. The Morgan fingerprint density at radius 1 is 1.21 bits per heavy atom. The number of rotatable bonds is 4. The summed E-state index contributed by atoms with van der Waals surface area (Å²) in [6.07, 6.45) is 1.10. The van der Waals surface area contributed by atoms with Crippen LogP contribution < -0.4 is 10.1 Å². The Bertz CT molecular complexity index is 1000. The van der Waals surface area contributed by atoms with Crippen molar-refractivity contribution in [2.75, 3.05) is 0 Å². The second-order valence-electron chi connectivity index (χ2n) is 8.14. The highest BCUT2D eigenvalue weighted by Crippen LogP contribution is 2.55. The average Bonchev–Trinajstić information content (AvgIpc) is 2.63. The van der Waals surface area contributed by atoms with Gasteiger partial charge in [-0.3, -0.25) is 4.79 Å². The molecule has 0 bridgehead atoms. The summed E-state index contributed by atoms with van der Waals surface area (Å²) >= 11 is 17.8. The first kappa shape index (κ1) is 21.6. The van der Waals surface area contributed by atoms with E-state index in [1.54, 1.807) is 18.2 Å². The second-order valence-corrected chi connectivity index (χ2v) is 9.25. The Hall–Kier alpha value is -2.07. The molecule has 1 aliphatic rings. The van der Waals surface area contributed by atoms with Crippen molar-refractivity contribution >= 4 is 40.7 Å². The van der Waals surface area contributed by atoms with E-state index in [2.05, 4.69) is 15.3 Å². The fourth-order valence-electron chi connectivity index (χ4n) is 4.30. The summed E-state index contributed by atoms with van der Waals surface area (Å²) in [4.78, 5) is 20.4. The van der Waals surface area contributed by atoms with Crippen molar-refractivity contribution in [3.8, 4) is 11.8 Å². The average molecular weight is 454 g/mol. The van der Waals surface area contributed by atoms with Crippen LogP contribution in [0.15, 0.2) is 24.4 Å². The topological polar surface area (TPSA) is 87.9 Å². The molecule has 1 amide bonds. The first-order chi connectivity index (χ1) is 13.5. The van der Waals surface area contributed by atoms with Gasteiger partial charge in [-0.1, -0.05) is 50.9 Å². The molecule has 1 aromatic carbocycles. The van der Waals surface area contributed by atoms with Crippen molar-refractivity contribution in [1.29, 1.82) is 5.26 Å². The van der Waals surface area contributed by atoms with Gasteiger partial charge in [-0.15, -0.1) is 0 Å². The molecule has 1 aromatic heterocycles. The lowest BCUT2D eigenvalue weighted by atomic mass is 9.49. The van der Waals surface area contributed by atoms with Gasteiger partial charge in [0.05, 0.1) is 16.1 Å². The van der Waals surface area contributed by atoms with Gasteiger partial charge in [0, 0.05) is 29.1 Å². The highest BCUT2D eigenvalue weighted by Gasteiger charge is 2.64. The molecule has 0 aliphatic heterocycles. The lowest BCUT2D eigenvalue weighted by Crippen LogP contribution is -2.74. The van der Waals surface area contributed by atoms with E-state index in [9.17, 15) is 4.79 Å². The highest BCUT2D eigenvalue weighted by molar-refractivity contribution is 6.34. The standard InChI is InChI=1S/C20H19Cl3N4O2/c1-19(2)16(27-15(28)12-9-25-18(23)26-14(12)22)20(3,4)17(19)29-11-6-5-10(8-24)13(21)7-11/h5-7,9,16-17H,1-4H3,(H,27,28). The summed E-state index contributed by atoms with van der Waals surface area (Å²) in [5, 5.41) is 12.4. The van der Waals surface area contributed by atoms with Gasteiger partial charge in [-0.2, -0.15) is 5.26 Å². The second kappa shape index (κ2) is 7.64. The summed E-state index contributed by atoms with van der Waals surface area (Å²) < 4.78 is 6.20. The fourth-order valence-corrected chi connectivity index (χ4v) is 4.90. The number of amides is 1. The van der Waals surface area contributed by atoms with Gasteiger partial charge in [-0.05, 0) is 23.7 Å². The molecule has 29 heavy (non-hydrogen) atoms. The number of carbonyl (C=O) groups is 1. The third-order valence-electron chi connectivity index (χ3n) is 5.39. The summed E-state index contributed by atoms with van der Waals surface area (Å²) in [5.41, 5.74) is -0.234. The maximum atomic E-state index is 12.7. The predicted molar refractivity (Wildman–Crippen MR) is 111 cm³/mol. The predicted octanol–water partition coefficient (Wildman–Crippen LogP) is 4.92. The van der Waals surface area contributed by atoms with Crippen LogP contribution in [-0.4, -0.2) is 28.0 Å². The first-order valence-electron chi connectivity index (χ1n) is 8.83. The number of hydrogen-bond donors (Lipinski definition) is 1. The van der Waals surface area contributed by atoms with Crippen molar-refractivity contribution in [3.63, 3.8) is 0 Å². The lowest BCUT2D eigenvalue weighted by Gasteiger charge is -2.63. The van der Waals surface area contributed by atoms with Crippen LogP contribution in [0.3, 0.4) is 0 Å². The number of ether oxygens (including phenoxy) is 1. The van der Waals surface area contributed by atoms with E-state index in [1.165, 1.54) is 6.20 Å². The van der Waals surface area contributed by atoms with Gasteiger partial charge in [0.2, 0.25) is 5.28 Å². The Kier molecular flexibility index (Phi) is 5.70. The van der Waals surface area contributed by atoms with Crippen LogP contribution in [0.2, 0.25) is 15.5 Å². The normalized spacial score (nSPS) is 21.6. The van der Waals surface area contributed by atoms with E-state index in [0.29, 0.717) is 16.3 Å². The molecular weight excluding hydrogens is 435 g/mol. The monoisotopic (exact) mass is 452 g/mol. The number of aromatic nitrogens is 2. The van der Waals surface area contributed by atoms with Crippen LogP contribution in [0.25, 0.3) is 0 Å². The van der Waals surface area contributed by atoms with E-state index >= 15 is 0 Å². The van der Waals surface area contributed by atoms with E-state index in [-0.39, 0.29) is 44.9 Å². The van der Waals surface area contributed by atoms with Crippen molar-refractivity contribution in [3.05, 3.63) is 51.0 Å². The van der Waals surface area contributed by atoms with Gasteiger partial charge in [0.15, 0.2) is 0 Å². The Labute approximate surface area is 184 Å². The molecule has 152 valence electrons. The molecule has 0 saturated heterocycles. The lowest BCUT2D eigenvalue weighted by molar-refractivity contribution is -0.164. The molecule has 0 atom stereocenters. The summed E-state index contributed by atoms with van der Waals surface area (Å²) in [6, 6.07) is 6.79. The van der Waals surface area contributed by atoms with Crippen LogP contribution in [0.1, 0.15) is 43.6 Å². The van der Waals surface area contributed by atoms with E-state index in [1.807, 2.05) is 33.8 Å². The minimum atomic E-state index is -0.390. The summed E-state index contributed by atoms with van der Waals surface area (Å²) in [5.74, 6) is 0.191. The zero-order valence-electron chi connectivity index (χ0n) is 16.3. The van der Waals surface area contributed by atoms with Crippen LogP contribution in [0, 0.1) is 22.2 Å². The van der Waals surface area contributed by atoms with Crippen LogP contribution in [0.5, 0.6) is 5.75 Å². The fraction of sp³-hybridized carbons (Fsp3) is 0.400. The Morgan fingerprint density at radius 2 is 1.86 bits per heavy atom. The van der Waals surface area contributed by atoms with Gasteiger partial charge in [-0.25, -0.2) is 9.97 Å².